The Morgan fingerprint density at radius 3 is 2.79 bits per heavy atom. The molecule has 0 aliphatic rings. The van der Waals surface area contributed by atoms with Gasteiger partial charge in [0.1, 0.15) is 10.2 Å². The Hall–Kier alpha value is -0.880. The van der Waals surface area contributed by atoms with Crippen molar-refractivity contribution in [2.75, 3.05) is 19.8 Å². The predicted octanol–water partition coefficient (Wildman–Crippen LogP) is 0.178. The summed E-state index contributed by atoms with van der Waals surface area (Å²) in [6, 6.07) is 0. The van der Waals surface area contributed by atoms with Crippen molar-refractivity contribution in [3.05, 3.63) is 11.8 Å². The third kappa shape index (κ3) is 4.38. The second-order valence-corrected chi connectivity index (χ2v) is 2.95. The first-order chi connectivity index (χ1) is 6.67. The summed E-state index contributed by atoms with van der Waals surface area (Å²) in [4.78, 5) is 15.1. The van der Waals surface area contributed by atoms with E-state index < -0.39 is 5.97 Å². The molecule has 3 N–H and O–H groups in total. The number of ether oxygens (including phenoxy) is 1. The lowest BCUT2D eigenvalue weighted by Crippen LogP contribution is -2.14. The van der Waals surface area contributed by atoms with E-state index in [-0.39, 0.29) is 30.0 Å². The summed E-state index contributed by atoms with van der Waals surface area (Å²) in [6.07, 6.45) is 1.11. The summed E-state index contributed by atoms with van der Waals surface area (Å²) in [7, 11) is 0. The van der Waals surface area contributed by atoms with Crippen molar-refractivity contribution >= 4 is 26.5 Å². The summed E-state index contributed by atoms with van der Waals surface area (Å²) < 4.78 is 5.02. The van der Waals surface area contributed by atoms with Gasteiger partial charge in [-0.3, -0.25) is 4.99 Å². The zero-order chi connectivity index (χ0) is 11.0. The van der Waals surface area contributed by atoms with E-state index in [4.69, 9.17) is 15.6 Å². The number of rotatable bonds is 5. The topological polar surface area (TPSA) is 84.9 Å². The van der Waals surface area contributed by atoms with Crippen LogP contribution in [0.25, 0.3) is 0 Å². The number of hydrogen-bond donors (Lipinski definition) is 2. The van der Waals surface area contributed by atoms with Crippen molar-refractivity contribution in [1.82, 2.24) is 0 Å². The Labute approximate surface area is 90.8 Å². The van der Waals surface area contributed by atoms with Gasteiger partial charge in [-0.15, -0.1) is 0 Å². The fourth-order valence-corrected chi connectivity index (χ4v) is 1.13. The molecule has 5 nitrogen and oxygen atoms in total. The molecule has 0 aromatic heterocycles. The highest BCUT2D eigenvalue weighted by atomic mass is 79.9. The van der Waals surface area contributed by atoms with Gasteiger partial charge >= 0.3 is 5.97 Å². The molecule has 0 saturated carbocycles. The van der Waals surface area contributed by atoms with Crippen LogP contribution in [0.5, 0.6) is 0 Å². The standard InChI is InChI=1S/C8H13BrN2O3/c1-2-14-8(13)6(5-10)7(9)11-3-4-12/h5,12H,2-4,10H2,1H3/b6-5+,11-7?. The molecule has 14 heavy (non-hydrogen) atoms. The molecule has 0 unspecified atom stereocenters. The number of aliphatic hydroxyl groups is 1. The average molecular weight is 265 g/mol. The summed E-state index contributed by atoms with van der Waals surface area (Å²) in [5, 5.41) is 8.52. The van der Waals surface area contributed by atoms with Gasteiger partial charge in [-0.1, -0.05) is 0 Å². The van der Waals surface area contributed by atoms with Crippen LogP contribution in [0, 0.1) is 0 Å². The van der Waals surface area contributed by atoms with Crippen molar-refractivity contribution in [3.63, 3.8) is 0 Å². The summed E-state index contributed by atoms with van der Waals surface area (Å²) >= 11 is 3.07. The molecule has 0 saturated heterocycles. The first kappa shape index (κ1) is 13.1. The van der Waals surface area contributed by atoms with Gasteiger partial charge < -0.3 is 15.6 Å². The lowest BCUT2D eigenvalue weighted by molar-refractivity contribution is -0.137. The van der Waals surface area contributed by atoms with Crippen molar-refractivity contribution < 1.29 is 14.6 Å². The molecule has 0 atom stereocenters. The minimum Gasteiger partial charge on any atom is -0.462 e. The van der Waals surface area contributed by atoms with Crippen LogP contribution >= 0.6 is 15.9 Å². The van der Waals surface area contributed by atoms with Gasteiger partial charge in [0.25, 0.3) is 0 Å². The van der Waals surface area contributed by atoms with E-state index in [1.807, 2.05) is 0 Å². The van der Waals surface area contributed by atoms with E-state index in [1.54, 1.807) is 6.92 Å². The van der Waals surface area contributed by atoms with Gasteiger partial charge in [-0.2, -0.15) is 0 Å². The van der Waals surface area contributed by atoms with Gasteiger partial charge in [0.05, 0.1) is 19.8 Å². The fourth-order valence-electron chi connectivity index (χ4n) is 0.663. The molecule has 0 aromatic rings. The Balaban J connectivity index is 4.49. The lowest BCUT2D eigenvalue weighted by atomic mass is 10.3. The number of nitrogens with two attached hydrogens (primary N) is 1. The molecule has 0 fully saturated rings. The minimum atomic E-state index is -0.538. The quantitative estimate of drug-likeness (QED) is 0.422. The van der Waals surface area contributed by atoms with Gasteiger partial charge in [0.2, 0.25) is 0 Å². The maximum absolute atomic E-state index is 11.2. The number of nitrogens with zero attached hydrogens (tertiary/aromatic N) is 1. The second-order valence-electron chi connectivity index (χ2n) is 2.20. The van der Waals surface area contributed by atoms with E-state index in [0.717, 1.165) is 6.20 Å². The number of hydrogen-bond acceptors (Lipinski definition) is 5. The van der Waals surface area contributed by atoms with Crippen LogP contribution in [0.15, 0.2) is 16.8 Å². The van der Waals surface area contributed by atoms with Crippen molar-refractivity contribution in [2.45, 2.75) is 6.92 Å². The predicted molar refractivity (Wildman–Crippen MR) is 57.2 cm³/mol. The zero-order valence-corrected chi connectivity index (χ0v) is 9.45. The number of halogens is 1. The maximum atomic E-state index is 11.2. The average Bonchev–Trinajstić information content (AvgIpc) is 2.16. The Morgan fingerprint density at radius 2 is 2.36 bits per heavy atom. The lowest BCUT2D eigenvalue weighted by Gasteiger charge is -2.03. The highest BCUT2D eigenvalue weighted by molar-refractivity contribution is 9.18. The van der Waals surface area contributed by atoms with Gasteiger partial charge in [0, 0.05) is 6.20 Å². The molecule has 0 radical (unpaired) electrons. The SMILES string of the molecule is CCOC(=O)/C(=C/N)C(Br)=NCCO. The molecule has 0 rings (SSSR count). The molecule has 6 heteroatoms. The van der Waals surface area contributed by atoms with Crippen LogP contribution in [-0.2, 0) is 9.53 Å². The summed E-state index contributed by atoms with van der Waals surface area (Å²) in [6.45, 7) is 2.09. The molecule has 0 aliphatic carbocycles. The van der Waals surface area contributed by atoms with Crippen LogP contribution < -0.4 is 5.73 Å². The fraction of sp³-hybridized carbons (Fsp3) is 0.500. The Morgan fingerprint density at radius 1 is 1.71 bits per heavy atom. The molecule has 0 amide bonds. The highest BCUT2D eigenvalue weighted by Gasteiger charge is 2.14. The number of aliphatic imine (C=N–C) groups is 1. The van der Waals surface area contributed by atoms with E-state index >= 15 is 0 Å². The van der Waals surface area contributed by atoms with Gasteiger partial charge in [-0.25, -0.2) is 4.79 Å². The smallest absolute Gasteiger partial charge is 0.342 e. The molecule has 0 aliphatic heterocycles. The maximum Gasteiger partial charge on any atom is 0.342 e. The highest BCUT2D eigenvalue weighted by Crippen LogP contribution is 2.06. The molecule has 0 heterocycles. The van der Waals surface area contributed by atoms with Crippen LogP contribution in [-0.4, -0.2) is 35.5 Å². The molecular weight excluding hydrogens is 252 g/mol. The van der Waals surface area contributed by atoms with Crippen LogP contribution in [0.3, 0.4) is 0 Å². The number of carbonyl (C=O) groups excluding carboxylic acids is 1. The third-order valence-electron chi connectivity index (χ3n) is 1.23. The second kappa shape index (κ2) is 7.52. The number of aliphatic hydroxyl groups excluding tert-OH is 1. The zero-order valence-electron chi connectivity index (χ0n) is 7.86. The number of esters is 1. The van der Waals surface area contributed by atoms with E-state index in [2.05, 4.69) is 20.9 Å². The molecule has 0 bridgehead atoms. The molecule has 0 spiro atoms. The summed E-state index contributed by atoms with van der Waals surface area (Å²) in [5.74, 6) is -0.538. The van der Waals surface area contributed by atoms with Gasteiger partial charge in [-0.05, 0) is 22.9 Å². The largest absolute Gasteiger partial charge is 0.462 e. The van der Waals surface area contributed by atoms with E-state index in [1.165, 1.54) is 0 Å². The first-order valence-corrected chi connectivity index (χ1v) is 4.86. The molecule has 0 aromatic carbocycles. The first-order valence-electron chi connectivity index (χ1n) is 4.07. The van der Waals surface area contributed by atoms with Crippen molar-refractivity contribution in [3.8, 4) is 0 Å². The Kier molecular flexibility index (Phi) is 7.04. The van der Waals surface area contributed by atoms with Crippen molar-refractivity contribution in [2.24, 2.45) is 10.7 Å². The minimum absolute atomic E-state index is 0.0875. The number of carbonyl (C=O) groups is 1. The normalized spacial score (nSPS) is 12.8. The van der Waals surface area contributed by atoms with Crippen molar-refractivity contribution in [1.29, 1.82) is 0 Å². The van der Waals surface area contributed by atoms with Crippen LogP contribution in [0.4, 0.5) is 0 Å². The summed E-state index contributed by atoms with van der Waals surface area (Å²) in [5.41, 5.74) is 5.39. The van der Waals surface area contributed by atoms with Crippen LogP contribution in [0.1, 0.15) is 6.92 Å². The van der Waals surface area contributed by atoms with Gasteiger partial charge in [0.15, 0.2) is 0 Å². The van der Waals surface area contributed by atoms with Crippen LogP contribution in [0.2, 0.25) is 0 Å². The molecular formula is C8H13BrN2O3. The van der Waals surface area contributed by atoms with E-state index in [0.29, 0.717) is 0 Å². The monoisotopic (exact) mass is 264 g/mol. The molecule has 80 valence electrons. The third-order valence-corrected chi connectivity index (χ3v) is 1.91. The Bertz CT molecular complexity index is 251. The van der Waals surface area contributed by atoms with E-state index in [9.17, 15) is 4.79 Å².